The fourth-order valence-electron chi connectivity index (χ4n) is 2.00. The van der Waals surface area contributed by atoms with E-state index in [1.165, 1.54) is 18.4 Å². The average molecular weight is 269 g/mol. The predicted molar refractivity (Wildman–Crippen MR) is 80.0 cm³/mol. The Balaban J connectivity index is 1.98. The number of nitrogens with one attached hydrogen (secondary N) is 1. The summed E-state index contributed by atoms with van der Waals surface area (Å²) in [5.74, 6) is 0.738. The molecule has 1 unspecified atom stereocenters. The molecule has 1 aromatic heterocycles. The topological polar surface area (TPSA) is 32.3 Å². The monoisotopic (exact) mass is 269 g/mol. The molecular formula is C15H27NOS. The fourth-order valence-corrected chi connectivity index (χ4v) is 2.67. The Labute approximate surface area is 115 Å². The van der Waals surface area contributed by atoms with Gasteiger partial charge in [0.2, 0.25) is 0 Å². The largest absolute Gasteiger partial charge is 0.390 e. The van der Waals surface area contributed by atoms with Crippen molar-refractivity contribution in [2.75, 3.05) is 6.54 Å². The molecule has 0 aliphatic rings. The van der Waals surface area contributed by atoms with Crippen LogP contribution in [0.4, 0.5) is 0 Å². The van der Waals surface area contributed by atoms with Gasteiger partial charge in [0.15, 0.2) is 0 Å². The Hall–Kier alpha value is -0.380. The lowest BCUT2D eigenvalue weighted by Gasteiger charge is -2.18. The van der Waals surface area contributed by atoms with Crippen LogP contribution in [0.5, 0.6) is 0 Å². The first-order valence-corrected chi connectivity index (χ1v) is 7.86. The van der Waals surface area contributed by atoms with E-state index >= 15 is 0 Å². The van der Waals surface area contributed by atoms with Gasteiger partial charge in [-0.25, -0.2) is 0 Å². The molecule has 0 fully saturated rings. The van der Waals surface area contributed by atoms with Crippen LogP contribution in [0.2, 0.25) is 0 Å². The Morgan fingerprint density at radius 3 is 2.78 bits per heavy atom. The second kappa shape index (κ2) is 7.93. The Bertz CT molecular complexity index is 303. The van der Waals surface area contributed by atoms with Gasteiger partial charge in [0.05, 0.1) is 5.60 Å². The lowest BCUT2D eigenvalue weighted by atomic mass is 9.95. The summed E-state index contributed by atoms with van der Waals surface area (Å²) < 4.78 is 0. The molecule has 0 aliphatic carbocycles. The Morgan fingerprint density at radius 1 is 1.39 bits per heavy atom. The number of hydrogen-bond donors (Lipinski definition) is 2. The molecule has 0 spiro atoms. The van der Waals surface area contributed by atoms with Crippen LogP contribution < -0.4 is 5.32 Å². The summed E-state index contributed by atoms with van der Waals surface area (Å²) in [6, 6.07) is 2.17. The van der Waals surface area contributed by atoms with Gasteiger partial charge < -0.3 is 10.4 Å². The van der Waals surface area contributed by atoms with Gasteiger partial charge in [-0.1, -0.05) is 19.8 Å². The maximum absolute atomic E-state index is 9.64. The van der Waals surface area contributed by atoms with E-state index < -0.39 is 5.60 Å². The Morgan fingerprint density at radius 2 is 2.17 bits per heavy atom. The molecule has 1 aromatic rings. The molecular weight excluding hydrogens is 242 g/mol. The van der Waals surface area contributed by atoms with Crippen molar-refractivity contribution in [1.82, 2.24) is 5.32 Å². The summed E-state index contributed by atoms with van der Waals surface area (Å²) in [5, 5.41) is 17.4. The predicted octanol–water partition coefficient (Wildman–Crippen LogP) is 3.81. The molecule has 3 heteroatoms. The van der Waals surface area contributed by atoms with Crippen LogP contribution in [0.3, 0.4) is 0 Å². The number of rotatable bonds is 9. The van der Waals surface area contributed by atoms with Gasteiger partial charge in [0, 0.05) is 6.54 Å². The highest BCUT2D eigenvalue weighted by Gasteiger charge is 2.12. The van der Waals surface area contributed by atoms with Gasteiger partial charge >= 0.3 is 0 Å². The molecule has 0 bridgehead atoms. The summed E-state index contributed by atoms with van der Waals surface area (Å²) in [6.07, 6.45) is 4.45. The number of thiophene rings is 1. The molecule has 1 rings (SSSR count). The summed E-state index contributed by atoms with van der Waals surface area (Å²) >= 11 is 1.75. The molecule has 0 saturated carbocycles. The lowest BCUT2D eigenvalue weighted by Crippen LogP contribution is -2.19. The van der Waals surface area contributed by atoms with E-state index in [9.17, 15) is 5.11 Å². The molecule has 0 saturated heterocycles. The molecule has 104 valence electrons. The molecule has 1 atom stereocenters. The third-order valence-electron chi connectivity index (χ3n) is 3.21. The highest BCUT2D eigenvalue weighted by molar-refractivity contribution is 7.07. The van der Waals surface area contributed by atoms with Crippen molar-refractivity contribution in [3.63, 3.8) is 0 Å². The van der Waals surface area contributed by atoms with Crippen LogP contribution in [0.25, 0.3) is 0 Å². The first-order valence-electron chi connectivity index (χ1n) is 6.91. The summed E-state index contributed by atoms with van der Waals surface area (Å²) in [6.45, 7) is 8.15. The van der Waals surface area contributed by atoms with Gasteiger partial charge in [0.25, 0.3) is 0 Å². The SMILES string of the molecule is CC(CCCC(C)(C)O)CCNCc1ccsc1. The molecule has 0 amide bonds. The van der Waals surface area contributed by atoms with Gasteiger partial charge in [-0.15, -0.1) is 0 Å². The van der Waals surface area contributed by atoms with Gasteiger partial charge in [-0.05, 0) is 61.5 Å². The Kier molecular flexibility index (Phi) is 6.90. The quantitative estimate of drug-likeness (QED) is 0.668. The van der Waals surface area contributed by atoms with Gasteiger partial charge in [-0.3, -0.25) is 0 Å². The van der Waals surface area contributed by atoms with E-state index in [0.717, 1.165) is 31.8 Å². The van der Waals surface area contributed by atoms with Crippen LogP contribution in [0.15, 0.2) is 16.8 Å². The third kappa shape index (κ3) is 7.85. The number of hydrogen-bond acceptors (Lipinski definition) is 3. The molecule has 2 N–H and O–H groups in total. The maximum atomic E-state index is 9.64. The second-order valence-corrected chi connectivity index (χ2v) is 6.69. The van der Waals surface area contributed by atoms with E-state index in [-0.39, 0.29) is 0 Å². The number of aliphatic hydroxyl groups is 1. The van der Waals surface area contributed by atoms with Crippen LogP contribution in [-0.4, -0.2) is 17.3 Å². The first-order chi connectivity index (χ1) is 8.47. The van der Waals surface area contributed by atoms with Crippen molar-refractivity contribution in [2.24, 2.45) is 5.92 Å². The zero-order valence-electron chi connectivity index (χ0n) is 11.9. The zero-order chi connectivity index (χ0) is 13.4. The molecule has 0 aliphatic heterocycles. The van der Waals surface area contributed by atoms with Crippen molar-refractivity contribution >= 4 is 11.3 Å². The smallest absolute Gasteiger partial charge is 0.0591 e. The van der Waals surface area contributed by atoms with Crippen LogP contribution in [-0.2, 0) is 6.54 Å². The van der Waals surface area contributed by atoms with E-state index in [4.69, 9.17) is 0 Å². The van der Waals surface area contributed by atoms with E-state index in [0.29, 0.717) is 0 Å². The first kappa shape index (κ1) is 15.7. The minimum Gasteiger partial charge on any atom is -0.390 e. The third-order valence-corrected chi connectivity index (χ3v) is 3.94. The minimum absolute atomic E-state index is 0.503. The fraction of sp³-hybridized carbons (Fsp3) is 0.733. The molecule has 0 radical (unpaired) electrons. The van der Waals surface area contributed by atoms with E-state index in [1.54, 1.807) is 11.3 Å². The van der Waals surface area contributed by atoms with Crippen molar-refractivity contribution in [2.45, 2.75) is 58.6 Å². The summed E-state index contributed by atoms with van der Waals surface area (Å²) in [4.78, 5) is 0. The summed E-state index contributed by atoms with van der Waals surface area (Å²) in [7, 11) is 0. The molecule has 0 aromatic carbocycles. The lowest BCUT2D eigenvalue weighted by molar-refractivity contribution is 0.0669. The van der Waals surface area contributed by atoms with Crippen molar-refractivity contribution < 1.29 is 5.11 Å². The van der Waals surface area contributed by atoms with Crippen molar-refractivity contribution in [1.29, 1.82) is 0 Å². The normalized spacial score (nSPS) is 13.8. The molecule has 1 heterocycles. The van der Waals surface area contributed by atoms with Crippen molar-refractivity contribution in [3.8, 4) is 0 Å². The van der Waals surface area contributed by atoms with Crippen LogP contribution in [0.1, 0.15) is 52.0 Å². The van der Waals surface area contributed by atoms with E-state index in [2.05, 4.69) is 29.1 Å². The average Bonchev–Trinajstić information content (AvgIpc) is 2.75. The standard InChI is InChI=1S/C15H27NOS/c1-13(5-4-8-15(2,3)17)6-9-16-11-14-7-10-18-12-14/h7,10,12-13,16-17H,4-6,8-9,11H2,1-3H3. The molecule has 18 heavy (non-hydrogen) atoms. The van der Waals surface area contributed by atoms with Gasteiger partial charge in [0.1, 0.15) is 0 Å². The highest BCUT2D eigenvalue weighted by atomic mass is 32.1. The van der Waals surface area contributed by atoms with Gasteiger partial charge in [-0.2, -0.15) is 11.3 Å². The maximum Gasteiger partial charge on any atom is 0.0591 e. The van der Waals surface area contributed by atoms with Crippen LogP contribution >= 0.6 is 11.3 Å². The van der Waals surface area contributed by atoms with Crippen LogP contribution in [0, 0.1) is 5.92 Å². The highest BCUT2D eigenvalue weighted by Crippen LogP contribution is 2.17. The minimum atomic E-state index is -0.503. The van der Waals surface area contributed by atoms with Crippen molar-refractivity contribution in [3.05, 3.63) is 22.4 Å². The summed E-state index contributed by atoms with van der Waals surface area (Å²) in [5.41, 5.74) is 0.881. The second-order valence-electron chi connectivity index (χ2n) is 5.91. The van der Waals surface area contributed by atoms with E-state index in [1.807, 2.05) is 13.8 Å². The molecule has 2 nitrogen and oxygen atoms in total. The zero-order valence-corrected chi connectivity index (χ0v) is 12.7.